The SMILES string of the molecule is Fc1ccc(C=Nc2cccc(F)c2F)cc1F. The van der Waals surface area contributed by atoms with Crippen LogP contribution < -0.4 is 0 Å². The molecule has 18 heavy (non-hydrogen) atoms. The second-order valence-electron chi connectivity index (χ2n) is 3.50. The van der Waals surface area contributed by atoms with Crippen molar-refractivity contribution in [1.82, 2.24) is 0 Å². The molecule has 0 amide bonds. The van der Waals surface area contributed by atoms with E-state index in [1.807, 2.05) is 0 Å². The van der Waals surface area contributed by atoms with Gasteiger partial charge in [-0.1, -0.05) is 12.1 Å². The summed E-state index contributed by atoms with van der Waals surface area (Å²) in [6.07, 6.45) is 1.13. The van der Waals surface area contributed by atoms with Crippen LogP contribution in [0.2, 0.25) is 0 Å². The highest BCUT2D eigenvalue weighted by atomic mass is 19.2. The molecular weight excluding hydrogens is 246 g/mol. The highest BCUT2D eigenvalue weighted by molar-refractivity contribution is 5.81. The lowest BCUT2D eigenvalue weighted by Crippen LogP contribution is -1.88. The molecule has 0 aliphatic heterocycles. The average molecular weight is 253 g/mol. The standard InChI is InChI=1S/C13H7F4N/c14-9-5-4-8(6-11(9)16)7-18-12-3-1-2-10(15)13(12)17/h1-7H. The third kappa shape index (κ3) is 2.56. The summed E-state index contributed by atoms with van der Waals surface area (Å²) >= 11 is 0. The van der Waals surface area contributed by atoms with Gasteiger partial charge in [0, 0.05) is 6.21 Å². The summed E-state index contributed by atoms with van der Waals surface area (Å²) in [5, 5.41) is 0. The molecule has 0 spiro atoms. The molecule has 0 unspecified atom stereocenters. The van der Waals surface area contributed by atoms with E-state index in [0.717, 1.165) is 24.4 Å². The van der Waals surface area contributed by atoms with Crippen LogP contribution in [0.15, 0.2) is 41.4 Å². The van der Waals surface area contributed by atoms with Crippen LogP contribution in [0.1, 0.15) is 5.56 Å². The zero-order valence-electron chi connectivity index (χ0n) is 9.00. The molecule has 0 radical (unpaired) electrons. The van der Waals surface area contributed by atoms with Gasteiger partial charge in [-0.3, -0.25) is 4.99 Å². The molecule has 2 aromatic carbocycles. The Morgan fingerprint density at radius 3 is 2.33 bits per heavy atom. The number of halogens is 4. The first-order valence-corrected chi connectivity index (χ1v) is 5.01. The Morgan fingerprint density at radius 2 is 1.61 bits per heavy atom. The molecule has 0 atom stereocenters. The van der Waals surface area contributed by atoms with Gasteiger partial charge in [-0.2, -0.15) is 0 Å². The fraction of sp³-hybridized carbons (Fsp3) is 0. The van der Waals surface area contributed by atoms with Gasteiger partial charge in [0.1, 0.15) is 5.69 Å². The molecule has 0 heterocycles. The molecule has 0 saturated carbocycles. The second kappa shape index (κ2) is 5.00. The van der Waals surface area contributed by atoms with E-state index >= 15 is 0 Å². The van der Waals surface area contributed by atoms with Crippen molar-refractivity contribution in [3.05, 3.63) is 65.2 Å². The molecule has 0 aromatic heterocycles. The van der Waals surface area contributed by atoms with Gasteiger partial charge in [0.05, 0.1) is 0 Å². The molecule has 0 saturated heterocycles. The maximum atomic E-state index is 13.2. The molecule has 2 aromatic rings. The summed E-state index contributed by atoms with van der Waals surface area (Å²) in [5.74, 6) is -4.12. The van der Waals surface area contributed by atoms with E-state index in [1.165, 1.54) is 18.2 Å². The van der Waals surface area contributed by atoms with E-state index in [0.29, 0.717) is 0 Å². The van der Waals surface area contributed by atoms with Crippen molar-refractivity contribution in [2.75, 3.05) is 0 Å². The van der Waals surface area contributed by atoms with Crippen LogP contribution in [0, 0.1) is 23.3 Å². The van der Waals surface area contributed by atoms with Crippen LogP contribution in [0.3, 0.4) is 0 Å². The Labute approximate surface area is 100 Å². The summed E-state index contributed by atoms with van der Waals surface area (Å²) in [7, 11) is 0. The van der Waals surface area contributed by atoms with Crippen molar-refractivity contribution in [3.8, 4) is 0 Å². The molecule has 0 N–H and O–H groups in total. The van der Waals surface area contributed by atoms with Gasteiger partial charge < -0.3 is 0 Å². The Balaban J connectivity index is 2.30. The van der Waals surface area contributed by atoms with E-state index in [9.17, 15) is 17.6 Å². The first-order valence-electron chi connectivity index (χ1n) is 5.01. The van der Waals surface area contributed by atoms with Gasteiger partial charge in [-0.25, -0.2) is 17.6 Å². The van der Waals surface area contributed by atoms with Crippen LogP contribution >= 0.6 is 0 Å². The molecule has 92 valence electrons. The van der Waals surface area contributed by atoms with Gasteiger partial charge in [0.2, 0.25) is 0 Å². The van der Waals surface area contributed by atoms with Gasteiger partial charge in [0.15, 0.2) is 23.3 Å². The molecule has 0 aliphatic rings. The maximum Gasteiger partial charge on any atom is 0.184 e. The van der Waals surface area contributed by atoms with E-state index in [2.05, 4.69) is 4.99 Å². The minimum absolute atomic E-state index is 0.209. The van der Waals surface area contributed by atoms with Crippen LogP contribution in [0.4, 0.5) is 23.2 Å². The highest BCUT2D eigenvalue weighted by Gasteiger charge is 2.06. The third-order valence-electron chi connectivity index (χ3n) is 2.23. The van der Waals surface area contributed by atoms with E-state index in [-0.39, 0.29) is 11.3 Å². The molecule has 5 heteroatoms. The normalized spacial score (nSPS) is 11.1. The largest absolute Gasteiger partial charge is 0.253 e. The number of hydrogen-bond acceptors (Lipinski definition) is 1. The molecule has 0 bridgehead atoms. The molecule has 0 aliphatic carbocycles. The second-order valence-corrected chi connectivity index (χ2v) is 3.50. The summed E-state index contributed by atoms with van der Waals surface area (Å²) in [6, 6.07) is 6.66. The smallest absolute Gasteiger partial charge is 0.184 e. The number of aliphatic imine (C=N–C) groups is 1. The summed E-state index contributed by atoms with van der Waals surface area (Å²) in [5.41, 5.74) is 0.0392. The van der Waals surface area contributed by atoms with Crippen LogP contribution in [-0.2, 0) is 0 Å². The number of hydrogen-bond donors (Lipinski definition) is 0. The third-order valence-corrected chi connectivity index (χ3v) is 2.23. The Morgan fingerprint density at radius 1 is 0.833 bits per heavy atom. The van der Waals surface area contributed by atoms with Crippen molar-refractivity contribution >= 4 is 11.9 Å². The van der Waals surface area contributed by atoms with Crippen LogP contribution in [-0.4, -0.2) is 6.21 Å². The van der Waals surface area contributed by atoms with Crippen LogP contribution in [0.25, 0.3) is 0 Å². The molecule has 1 nitrogen and oxygen atoms in total. The van der Waals surface area contributed by atoms with Crippen molar-refractivity contribution in [2.24, 2.45) is 4.99 Å². The van der Waals surface area contributed by atoms with Gasteiger partial charge in [0.25, 0.3) is 0 Å². The minimum atomic E-state index is -1.09. The molecular formula is C13H7F4N. The molecule has 0 fully saturated rings. The Kier molecular flexibility index (Phi) is 3.41. The highest BCUT2D eigenvalue weighted by Crippen LogP contribution is 2.19. The van der Waals surface area contributed by atoms with Crippen LogP contribution in [0.5, 0.6) is 0 Å². The van der Waals surface area contributed by atoms with Crippen molar-refractivity contribution in [1.29, 1.82) is 0 Å². The molecule has 2 rings (SSSR count). The number of benzene rings is 2. The number of nitrogens with zero attached hydrogens (tertiary/aromatic N) is 1. The predicted octanol–water partition coefficient (Wildman–Crippen LogP) is 3.99. The zero-order valence-corrected chi connectivity index (χ0v) is 9.00. The van der Waals surface area contributed by atoms with Gasteiger partial charge in [-0.15, -0.1) is 0 Å². The first-order chi connectivity index (χ1) is 8.58. The van der Waals surface area contributed by atoms with Gasteiger partial charge >= 0.3 is 0 Å². The lowest BCUT2D eigenvalue weighted by atomic mass is 10.2. The van der Waals surface area contributed by atoms with Crippen molar-refractivity contribution < 1.29 is 17.6 Å². The fourth-order valence-electron chi connectivity index (χ4n) is 1.33. The lowest BCUT2D eigenvalue weighted by Gasteiger charge is -1.98. The Bertz CT molecular complexity index is 608. The van der Waals surface area contributed by atoms with E-state index < -0.39 is 23.3 Å². The topological polar surface area (TPSA) is 12.4 Å². The number of rotatable bonds is 2. The summed E-state index contributed by atoms with van der Waals surface area (Å²) < 4.78 is 51.6. The zero-order chi connectivity index (χ0) is 13.1. The predicted molar refractivity (Wildman–Crippen MR) is 60.0 cm³/mol. The Hall–Kier alpha value is -2.17. The van der Waals surface area contributed by atoms with Gasteiger partial charge in [-0.05, 0) is 29.8 Å². The quantitative estimate of drug-likeness (QED) is 0.566. The van der Waals surface area contributed by atoms with E-state index in [4.69, 9.17) is 0 Å². The average Bonchev–Trinajstić information content (AvgIpc) is 2.35. The monoisotopic (exact) mass is 253 g/mol. The maximum absolute atomic E-state index is 13.2. The first kappa shape index (κ1) is 12.3. The van der Waals surface area contributed by atoms with E-state index in [1.54, 1.807) is 0 Å². The summed E-state index contributed by atoms with van der Waals surface area (Å²) in [6.45, 7) is 0. The lowest BCUT2D eigenvalue weighted by molar-refractivity contribution is 0.508. The van der Waals surface area contributed by atoms with Crippen molar-refractivity contribution in [3.63, 3.8) is 0 Å². The summed E-state index contributed by atoms with van der Waals surface area (Å²) in [4.78, 5) is 3.68. The van der Waals surface area contributed by atoms with Crippen molar-refractivity contribution in [2.45, 2.75) is 0 Å². The fourth-order valence-corrected chi connectivity index (χ4v) is 1.33. The minimum Gasteiger partial charge on any atom is -0.253 e.